The Labute approximate surface area is 161 Å². The van der Waals surface area contributed by atoms with E-state index in [1.165, 1.54) is 33.9 Å². The van der Waals surface area contributed by atoms with Crippen molar-refractivity contribution in [2.45, 2.75) is 36.3 Å². The zero-order valence-electron chi connectivity index (χ0n) is 16.0. The number of thioether (sulfide) groups is 1. The number of para-hydroxylation sites is 1. The van der Waals surface area contributed by atoms with Crippen LogP contribution in [0.15, 0.2) is 64.0 Å². The van der Waals surface area contributed by atoms with Crippen molar-refractivity contribution < 1.29 is 0 Å². The van der Waals surface area contributed by atoms with Crippen molar-refractivity contribution in [1.82, 2.24) is 0 Å². The van der Waals surface area contributed by atoms with Crippen LogP contribution in [0.5, 0.6) is 0 Å². The van der Waals surface area contributed by atoms with Gasteiger partial charge >= 0.3 is 0 Å². The van der Waals surface area contributed by atoms with E-state index < -0.39 is 0 Å². The minimum Gasteiger partial charge on any atom is -0.378 e. The number of nitrogens with zero attached hydrogens (tertiary/aromatic N) is 2. The maximum Gasteiger partial charge on any atom is 0.0769 e. The molecule has 0 unspecified atom stereocenters. The molecule has 1 fully saturated rings. The maximum absolute atomic E-state index is 5.14. The summed E-state index contributed by atoms with van der Waals surface area (Å²) in [7, 11) is 4.15. The van der Waals surface area contributed by atoms with Crippen molar-refractivity contribution in [3.8, 4) is 0 Å². The second-order valence-corrected chi connectivity index (χ2v) is 9.61. The number of rotatable bonds is 2. The largest absolute Gasteiger partial charge is 0.378 e. The van der Waals surface area contributed by atoms with E-state index in [2.05, 4.69) is 87.4 Å². The van der Waals surface area contributed by atoms with E-state index in [0.717, 1.165) is 12.1 Å². The van der Waals surface area contributed by atoms with Gasteiger partial charge < -0.3 is 4.90 Å². The molecule has 0 spiro atoms. The topological polar surface area (TPSA) is 15.6 Å². The fraction of sp³-hybridized carbons (Fsp3) is 0.348. The first-order chi connectivity index (χ1) is 12.4. The van der Waals surface area contributed by atoms with E-state index in [0.29, 0.717) is 5.92 Å². The van der Waals surface area contributed by atoms with Crippen molar-refractivity contribution in [3.63, 3.8) is 0 Å². The average molecular weight is 363 g/mol. The van der Waals surface area contributed by atoms with Crippen LogP contribution in [-0.4, -0.2) is 24.6 Å². The Hall–Kier alpha value is -2.00. The van der Waals surface area contributed by atoms with Crippen LogP contribution in [0.1, 0.15) is 32.3 Å². The summed E-state index contributed by atoms with van der Waals surface area (Å²) in [4.78, 5) is 8.57. The molecule has 0 radical (unpaired) electrons. The molecule has 2 nitrogen and oxygen atoms in total. The predicted molar refractivity (Wildman–Crippen MR) is 115 cm³/mol. The van der Waals surface area contributed by atoms with Gasteiger partial charge in [0.25, 0.3) is 0 Å². The summed E-state index contributed by atoms with van der Waals surface area (Å²) in [5.74, 6) is 0.507. The third kappa shape index (κ3) is 3.21. The molecule has 1 atom stereocenters. The third-order valence-electron chi connectivity index (χ3n) is 5.43. The van der Waals surface area contributed by atoms with Crippen LogP contribution in [0.3, 0.4) is 0 Å². The fourth-order valence-electron chi connectivity index (χ4n) is 3.95. The van der Waals surface area contributed by atoms with Crippen molar-refractivity contribution in [1.29, 1.82) is 0 Å². The van der Waals surface area contributed by atoms with Gasteiger partial charge in [0.15, 0.2) is 0 Å². The lowest BCUT2D eigenvalue weighted by molar-refractivity contribution is 0.534. The molecule has 1 heterocycles. The maximum atomic E-state index is 5.14. The molecular weight excluding hydrogens is 336 g/mol. The quantitative estimate of drug-likeness (QED) is 0.632. The van der Waals surface area contributed by atoms with Crippen LogP contribution in [0, 0.1) is 5.92 Å². The zero-order chi connectivity index (χ0) is 18.3. The highest BCUT2D eigenvalue weighted by Crippen LogP contribution is 2.51. The van der Waals surface area contributed by atoms with Gasteiger partial charge in [0, 0.05) is 41.1 Å². The van der Waals surface area contributed by atoms with Gasteiger partial charge in [-0.1, -0.05) is 24.3 Å². The van der Waals surface area contributed by atoms with Crippen LogP contribution < -0.4 is 4.90 Å². The van der Waals surface area contributed by atoms with E-state index in [1.807, 2.05) is 11.8 Å². The van der Waals surface area contributed by atoms with Crippen LogP contribution in [0.25, 0.3) is 6.08 Å². The Bertz CT molecular complexity index is 875. The number of benzene rings is 2. The summed E-state index contributed by atoms with van der Waals surface area (Å²) >= 11 is 1.98. The first kappa shape index (κ1) is 17.4. The molecule has 0 aromatic heterocycles. The Kier molecular flexibility index (Phi) is 4.44. The molecule has 1 aliphatic heterocycles. The van der Waals surface area contributed by atoms with Crippen molar-refractivity contribution >= 4 is 34.9 Å². The molecule has 3 heteroatoms. The van der Waals surface area contributed by atoms with Gasteiger partial charge in [0.05, 0.1) is 5.69 Å². The number of fused-ring (bicyclic) bond motifs is 2. The second-order valence-electron chi connectivity index (χ2n) is 7.92. The lowest BCUT2D eigenvalue weighted by Gasteiger charge is -2.29. The SMILES string of the molecule is CN(C)c1ccc(/C=C2\CC[C@H]3C2=Nc2ccccc2SC3(C)C)cc1. The first-order valence-corrected chi connectivity index (χ1v) is 10.1. The molecule has 0 saturated heterocycles. The van der Waals surface area contributed by atoms with Gasteiger partial charge in [-0.3, -0.25) is 4.99 Å². The molecule has 134 valence electrons. The summed E-state index contributed by atoms with van der Waals surface area (Å²) in [5, 5.41) is 0. The van der Waals surface area contributed by atoms with Crippen LogP contribution >= 0.6 is 11.8 Å². The molecular formula is C23H26N2S. The van der Waals surface area contributed by atoms with Gasteiger partial charge in [-0.15, -0.1) is 11.8 Å². The molecule has 2 aliphatic rings. The van der Waals surface area contributed by atoms with E-state index in [1.54, 1.807) is 0 Å². The van der Waals surface area contributed by atoms with Crippen molar-refractivity contribution in [2.24, 2.45) is 10.9 Å². The highest BCUT2D eigenvalue weighted by atomic mass is 32.2. The number of aliphatic imine (C=N–C) groups is 1. The predicted octanol–water partition coefficient (Wildman–Crippen LogP) is 6.20. The summed E-state index contributed by atoms with van der Waals surface area (Å²) in [5.41, 5.74) is 6.31. The standard InChI is InChI=1S/C23H26N2S/c1-23(2)19-14-11-17(15-16-9-12-18(13-10-16)25(3)4)22(19)24-20-7-5-6-8-21(20)26-23/h5-10,12-13,15,19H,11,14H2,1-4H3/b17-15+/t19-/m0/s1. The minimum absolute atomic E-state index is 0.163. The summed E-state index contributed by atoms with van der Waals surface area (Å²) in [6.07, 6.45) is 4.65. The van der Waals surface area contributed by atoms with Gasteiger partial charge in [-0.2, -0.15) is 0 Å². The molecule has 0 amide bonds. The molecule has 0 bridgehead atoms. The molecule has 4 rings (SSSR count). The number of hydrogen-bond donors (Lipinski definition) is 0. The van der Waals surface area contributed by atoms with E-state index >= 15 is 0 Å². The summed E-state index contributed by atoms with van der Waals surface area (Å²) < 4.78 is 0.163. The zero-order valence-corrected chi connectivity index (χ0v) is 16.8. The van der Waals surface area contributed by atoms with Crippen LogP contribution in [-0.2, 0) is 0 Å². The number of hydrogen-bond acceptors (Lipinski definition) is 3. The lowest BCUT2D eigenvalue weighted by atomic mass is 9.91. The molecule has 1 aliphatic carbocycles. The smallest absolute Gasteiger partial charge is 0.0769 e. The minimum atomic E-state index is 0.163. The fourth-order valence-corrected chi connectivity index (χ4v) is 5.25. The van der Waals surface area contributed by atoms with E-state index in [4.69, 9.17) is 4.99 Å². The first-order valence-electron chi connectivity index (χ1n) is 9.29. The normalized spacial score (nSPS) is 22.4. The Morgan fingerprint density at radius 1 is 1.08 bits per heavy atom. The highest BCUT2D eigenvalue weighted by molar-refractivity contribution is 8.00. The molecule has 2 aromatic carbocycles. The second kappa shape index (κ2) is 6.62. The molecule has 2 aromatic rings. The van der Waals surface area contributed by atoms with Crippen LogP contribution in [0.2, 0.25) is 0 Å². The summed E-state index contributed by atoms with van der Waals surface area (Å²) in [6.45, 7) is 4.74. The molecule has 26 heavy (non-hydrogen) atoms. The highest BCUT2D eigenvalue weighted by Gasteiger charge is 2.41. The van der Waals surface area contributed by atoms with E-state index in [-0.39, 0.29) is 4.75 Å². The van der Waals surface area contributed by atoms with Gasteiger partial charge in [-0.05, 0) is 68.2 Å². The van der Waals surface area contributed by atoms with Crippen molar-refractivity contribution in [3.05, 3.63) is 59.7 Å². The van der Waals surface area contributed by atoms with Crippen LogP contribution in [0.4, 0.5) is 11.4 Å². The number of allylic oxidation sites excluding steroid dienone is 1. The molecule has 1 saturated carbocycles. The lowest BCUT2D eigenvalue weighted by Crippen LogP contribution is -2.30. The summed E-state index contributed by atoms with van der Waals surface area (Å²) in [6, 6.07) is 17.3. The third-order valence-corrected chi connectivity index (χ3v) is 6.81. The number of anilines is 1. The van der Waals surface area contributed by atoms with Crippen molar-refractivity contribution in [2.75, 3.05) is 19.0 Å². The van der Waals surface area contributed by atoms with E-state index in [9.17, 15) is 0 Å². The van der Waals surface area contributed by atoms with Gasteiger partial charge in [0.1, 0.15) is 0 Å². The van der Waals surface area contributed by atoms with Gasteiger partial charge in [0.2, 0.25) is 0 Å². The monoisotopic (exact) mass is 362 g/mol. The average Bonchev–Trinajstić information content (AvgIpc) is 2.95. The Morgan fingerprint density at radius 2 is 1.81 bits per heavy atom. The Balaban J connectivity index is 1.74. The van der Waals surface area contributed by atoms with Gasteiger partial charge in [-0.25, -0.2) is 0 Å². The Morgan fingerprint density at radius 3 is 2.54 bits per heavy atom. The molecule has 0 N–H and O–H groups in total.